The first kappa shape index (κ1) is 9.66. The van der Waals surface area contributed by atoms with E-state index in [-0.39, 0.29) is 0 Å². The van der Waals surface area contributed by atoms with Gasteiger partial charge in [-0.2, -0.15) is 0 Å². The van der Waals surface area contributed by atoms with Crippen molar-refractivity contribution in [2.24, 2.45) is 5.41 Å². The molecule has 2 heteroatoms. The van der Waals surface area contributed by atoms with Crippen molar-refractivity contribution >= 4 is 0 Å². The molecule has 1 saturated carbocycles. The predicted molar refractivity (Wildman–Crippen MR) is 58.0 cm³/mol. The van der Waals surface area contributed by atoms with E-state index < -0.39 is 0 Å². The van der Waals surface area contributed by atoms with Crippen LogP contribution in [0, 0.1) is 5.41 Å². The Balaban J connectivity index is 2.19. The summed E-state index contributed by atoms with van der Waals surface area (Å²) in [4.78, 5) is 4.19. The first-order valence-electron chi connectivity index (χ1n) is 5.39. The maximum absolute atomic E-state index is 4.19. The summed E-state index contributed by atoms with van der Waals surface area (Å²) in [7, 11) is 0. The monoisotopic (exact) mass is 190 g/mol. The molecule has 1 atom stereocenters. The van der Waals surface area contributed by atoms with Crippen LogP contribution in [0.25, 0.3) is 0 Å². The predicted octanol–water partition coefficient (Wildman–Crippen LogP) is 2.53. The molecule has 1 N–H and O–H groups in total. The molecule has 1 aromatic rings. The maximum atomic E-state index is 4.19. The fourth-order valence-electron chi connectivity index (χ4n) is 2.00. The van der Waals surface area contributed by atoms with Crippen LogP contribution in [0.15, 0.2) is 24.5 Å². The summed E-state index contributed by atoms with van der Waals surface area (Å²) >= 11 is 0. The standard InChI is InChI=1S/C12H18N2/c1-3-14-11(12(2)6-7-12)10-5-4-8-13-9-10/h4-5,8-9,11,14H,3,6-7H2,1-2H3. The molecule has 1 fully saturated rings. The lowest BCUT2D eigenvalue weighted by Gasteiger charge is -2.24. The number of aromatic nitrogens is 1. The molecule has 2 nitrogen and oxygen atoms in total. The lowest BCUT2D eigenvalue weighted by Crippen LogP contribution is -2.27. The topological polar surface area (TPSA) is 24.9 Å². The van der Waals surface area contributed by atoms with Crippen molar-refractivity contribution in [1.82, 2.24) is 10.3 Å². The van der Waals surface area contributed by atoms with Crippen LogP contribution in [0.5, 0.6) is 0 Å². The van der Waals surface area contributed by atoms with E-state index in [1.807, 2.05) is 18.5 Å². The summed E-state index contributed by atoms with van der Waals surface area (Å²) in [5.74, 6) is 0. The van der Waals surface area contributed by atoms with E-state index in [9.17, 15) is 0 Å². The molecule has 0 amide bonds. The second kappa shape index (κ2) is 3.70. The Labute approximate surface area is 85.7 Å². The minimum Gasteiger partial charge on any atom is -0.310 e. The number of nitrogens with one attached hydrogen (secondary N) is 1. The molecule has 1 heterocycles. The van der Waals surface area contributed by atoms with Crippen LogP contribution in [-0.4, -0.2) is 11.5 Å². The van der Waals surface area contributed by atoms with Gasteiger partial charge in [-0.15, -0.1) is 0 Å². The van der Waals surface area contributed by atoms with Gasteiger partial charge < -0.3 is 5.32 Å². The van der Waals surface area contributed by atoms with Gasteiger partial charge in [0.2, 0.25) is 0 Å². The molecule has 0 radical (unpaired) electrons. The highest BCUT2D eigenvalue weighted by Gasteiger charge is 2.45. The number of rotatable bonds is 4. The Hall–Kier alpha value is -0.890. The third-order valence-electron chi connectivity index (χ3n) is 3.16. The molecule has 1 unspecified atom stereocenters. The van der Waals surface area contributed by atoms with Crippen molar-refractivity contribution in [3.05, 3.63) is 30.1 Å². The molecular formula is C12H18N2. The molecule has 0 bridgehead atoms. The van der Waals surface area contributed by atoms with Gasteiger partial charge in [0, 0.05) is 18.4 Å². The summed E-state index contributed by atoms with van der Waals surface area (Å²) in [6.45, 7) is 5.54. The Kier molecular flexibility index (Phi) is 2.55. The number of pyridine rings is 1. The minimum absolute atomic E-state index is 0.471. The van der Waals surface area contributed by atoms with Crippen LogP contribution in [0.2, 0.25) is 0 Å². The van der Waals surface area contributed by atoms with Gasteiger partial charge in [0.15, 0.2) is 0 Å². The normalized spacial score (nSPS) is 20.4. The van der Waals surface area contributed by atoms with Crippen molar-refractivity contribution < 1.29 is 0 Å². The van der Waals surface area contributed by atoms with Crippen LogP contribution < -0.4 is 5.32 Å². The molecule has 1 aliphatic rings. The quantitative estimate of drug-likeness (QED) is 0.789. The molecule has 0 aliphatic heterocycles. The fraction of sp³-hybridized carbons (Fsp3) is 0.583. The minimum atomic E-state index is 0.471. The van der Waals surface area contributed by atoms with Crippen LogP contribution in [0.1, 0.15) is 38.3 Å². The van der Waals surface area contributed by atoms with E-state index in [2.05, 4.69) is 30.2 Å². The van der Waals surface area contributed by atoms with Gasteiger partial charge >= 0.3 is 0 Å². The summed E-state index contributed by atoms with van der Waals surface area (Å²) in [6.07, 6.45) is 6.48. The van der Waals surface area contributed by atoms with Gasteiger partial charge in [0.25, 0.3) is 0 Å². The summed E-state index contributed by atoms with van der Waals surface area (Å²) < 4.78 is 0. The zero-order valence-electron chi connectivity index (χ0n) is 8.96. The first-order chi connectivity index (χ1) is 6.76. The lowest BCUT2D eigenvalue weighted by molar-refractivity contribution is 0.372. The number of nitrogens with zero attached hydrogens (tertiary/aromatic N) is 1. The van der Waals surface area contributed by atoms with E-state index in [1.54, 1.807) is 0 Å². The second-order valence-corrected chi connectivity index (χ2v) is 4.43. The van der Waals surface area contributed by atoms with Crippen molar-refractivity contribution in [3.8, 4) is 0 Å². The Bertz CT molecular complexity index is 290. The zero-order valence-corrected chi connectivity index (χ0v) is 8.96. The highest BCUT2D eigenvalue weighted by Crippen LogP contribution is 2.54. The molecule has 0 saturated heterocycles. The van der Waals surface area contributed by atoms with Gasteiger partial charge in [-0.25, -0.2) is 0 Å². The van der Waals surface area contributed by atoms with E-state index in [0.717, 1.165) is 6.54 Å². The molecule has 76 valence electrons. The highest BCUT2D eigenvalue weighted by atomic mass is 14.9. The SMILES string of the molecule is CCNC(c1cccnc1)C1(C)CC1. The average molecular weight is 190 g/mol. The van der Waals surface area contributed by atoms with Crippen LogP contribution in [0.3, 0.4) is 0 Å². The maximum Gasteiger partial charge on any atom is 0.0389 e. The largest absolute Gasteiger partial charge is 0.310 e. The van der Waals surface area contributed by atoms with E-state index in [1.165, 1.54) is 18.4 Å². The van der Waals surface area contributed by atoms with E-state index >= 15 is 0 Å². The summed E-state index contributed by atoms with van der Waals surface area (Å²) in [5, 5.41) is 3.56. The highest BCUT2D eigenvalue weighted by molar-refractivity contribution is 5.20. The third kappa shape index (κ3) is 1.80. The Morgan fingerprint density at radius 3 is 2.86 bits per heavy atom. The van der Waals surface area contributed by atoms with Crippen molar-refractivity contribution in [2.45, 2.75) is 32.7 Å². The van der Waals surface area contributed by atoms with E-state index in [0.29, 0.717) is 11.5 Å². The molecule has 0 spiro atoms. The van der Waals surface area contributed by atoms with Crippen LogP contribution in [-0.2, 0) is 0 Å². The number of hydrogen-bond acceptors (Lipinski definition) is 2. The molecule has 0 aromatic carbocycles. The van der Waals surface area contributed by atoms with Gasteiger partial charge in [-0.3, -0.25) is 4.98 Å². The average Bonchev–Trinajstić information content (AvgIpc) is 2.95. The Morgan fingerprint density at radius 2 is 2.36 bits per heavy atom. The van der Waals surface area contributed by atoms with Crippen molar-refractivity contribution in [1.29, 1.82) is 0 Å². The summed E-state index contributed by atoms with van der Waals surface area (Å²) in [5.41, 5.74) is 1.80. The molecular weight excluding hydrogens is 172 g/mol. The fourth-order valence-corrected chi connectivity index (χ4v) is 2.00. The van der Waals surface area contributed by atoms with Crippen LogP contribution in [0.4, 0.5) is 0 Å². The molecule has 14 heavy (non-hydrogen) atoms. The molecule has 2 rings (SSSR count). The van der Waals surface area contributed by atoms with Gasteiger partial charge in [-0.1, -0.05) is 19.9 Å². The molecule has 1 aromatic heterocycles. The number of hydrogen-bond donors (Lipinski definition) is 1. The third-order valence-corrected chi connectivity index (χ3v) is 3.16. The first-order valence-corrected chi connectivity index (χ1v) is 5.39. The smallest absolute Gasteiger partial charge is 0.0389 e. The Morgan fingerprint density at radius 1 is 1.57 bits per heavy atom. The second-order valence-electron chi connectivity index (χ2n) is 4.43. The van der Waals surface area contributed by atoms with Gasteiger partial charge in [0.1, 0.15) is 0 Å². The van der Waals surface area contributed by atoms with Gasteiger partial charge in [0.05, 0.1) is 0 Å². The van der Waals surface area contributed by atoms with Gasteiger partial charge in [-0.05, 0) is 36.4 Å². The van der Waals surface area contributed by atoms with Crippen molar-refractivity contribution in [3.63, 3.8) is 0 Å². The summed E-state index contributed by atoms with van der Waals surface area (Å²) in [6, 6.07) is 4.68. The van der Waals surface area contributed by atoms with Crippen LogP contribution >= 0.6 is 0 Å². The van der Waals surface area contributed by atoms with E-state index in [4.69, 9.17) is 0 Å². The molecule has 1 aliphatic carbocycles. The zero-order chi connectivity index (χ0) is 10.0. The lowest BCUT2D eigenvalue weighted by atomic mass is 9.93. The van der Waals surface area contributed by atoms with Crippen molar-refractivity contribution in [2.75, 3.05) is 6.54 Å².